The highest BCUT2D eigenvalue weighted by atomic mass is 16.5. The summed E-state index contributed by atoms with van der Waals surface area (Å²) >= 11 is 0. The third kappa shape index (κ3) is 5.73. The molecule has 0 unspecified atom stereocenters. The molecule has 0 radical (unpaired) electrons. The lowest BCUT2D eigenvalue weighted by molar-refractivity contribution is -0.122. The summed E-state index contributed by atoms with van der Waals surface area (Å²) in [6.45, 7) is 6.47. The minimum Gasteiger partial charge on any atom is -0.484 e. The summed E-state index contributed by atoms with van der Waals surface area (Å²) in [7, 11) is 0. The van der Waals surface area contributed by atoms with Crippen LogP contribution >= 0.6 is 0 Å². The van der Waals surface area contributed by atoms with Crippen LogP contribution < -0.4 is 15.4 Å². The van der Waals surface area contributed by atoms with Gasteiger partial charge in [-0.1, -0.05) is 32.9 Å². The lowest BCUT2D eigenvalue weighted by Gasteiger charge is -2.10. The van der Waals surface area contributed by atoms with Crippen LogP contribution in [0.15, 0.2) is 24.3 Å². The normalized spacial score (nSPS) is 10.2. The Morgan fingerprint density at radius 3 is 2.70 bits per heavy atom. The number of ether oxygens (including phenoxy) is 1. The summed E-state index contributed by atoms with van der Waals surface area (Å²) < 4.78 is 5.37. The van der Waals surface area contributed by atoms with E-state index in [0.717, 1.165) is 12.0 Å². The molecule has 0 saturated carbocycles. The van der Waals surface area contributed by atoms with E-state index in [2.05, 4.69) is 24.5 Å². The maximum absolute atomic E-state index is 11.5. The van der Waals surface area contributed by atoms with Gasteiger partial charge in [0.25, 0.3) is 5.91 Å². The topological polar surface area (TPSA) is 67.4 Å². The fraction of sp³-hybridized carbons (Fsp3) is 0.467. The summed E-state index contributed by atoms with van der Waals surface area (Å²) in [5.41, 5.74) is 1.14. The molecule has 0 spiro atoms. The number of imide groups is 1. The van der Waals surface area contributed by atoms with Crippen molar-refractivity contribution in [1.82, 2.24) is 10.6 Å². The summed E-state index contributed by atoms with van der Waals surface area (Å²) in [5, 5.41) is 4.77. The lowest BCUT2D eigenvalue weighted by atomic mass is 10.0. The van der Waals surface area contributed by atoms with Crippen molar-refractivity contribution in [3.8, 4) is 5.75 Å². The fourth-order valence-electron chi connectivity index (χ4n) is 1.56. The van der Waals surface area contributed by atoms with Gasteiger partial charge in [0.15, 0.2) is 6.61 Å². The van der Waals surface area contributed by atoms with E-state index in [-0.39, 0.29) is 6.61 Å². The van der Waals surface area contributed by atoms with Crippen LogP contribution in [0.1, 0.15) is 38.7 Å². The standard InChI is InChI=1S/C15H22N2O3/c1-4-8-16-15(19)17-14(18)10-20-13-7-5-6-12(9-13)11(2)3/h5-7,9,11H,4,8,10H2,1-3H3,(H2,16,17,18,19). The molecule has 0 heterocycles. The Morgan fingerprint density at radius 2 is 2.05 bits per heavy atom. The Morgan fingerprint density at radius 1 is 1.30 bits per heavy atom. The molecule has 0 atom stereocenters. The minimum atomic E-state index is -0.489. The summed E-state index contributed by atoms with van der Waals surface area (Å²) in [4.78, 5) is 22.8. The predicted octanol–water partition coefficient (Wildman–Crippen LogP) is 2.42. The van der Waals surface area contributed by atoms with Gasteiger partial charge in [-0.2, -0.15) is 0 Å². The molecule has 0 aromatic heterocycles. The van der Waals surface area contributed by atoms with Gasteiger partial charge in [-0.15, -0.1) is 0 Å². The largest absolute Gasteiger partial charge is 0.484 e. The highest BCUT2D eigenvalue weighted by Gasteiger charge is 2.08. The number of amides is 3. The second-order valence-electron chi connectivity index (χ2n) is 4.82. The average molecular weight is 278 g/mol. The van der Waals surface area contributed by atoms with E-state index in [1.807, 2.05) is 25.1 Å². The first-order valence-corrected chi connectivity index (χ1v) is 6.83. The second kappa shape index (κ2) is 8.19. The van der Waals surface area contributed by atoms with Crippen molar-refractivity contribution in [3.05, 3.63) is 29.8 Å². The number of rotatable bonds is 6. The van der Waals surface area contributed by atoms with E-state index in [1.165, 1.54) is 0 Å². The first-order valence-electron chi connectivity index (χ1n) is 6.83. The smallest absolute Gasteiger partial charge is 0.321 e. The number of carbonyl (C=O) groups is 2. The number of benzene rings is 1. The lowest BCUT2D eigenvalue weighted by Crippen LogP contribution is -2.41. The van der Waals surface area contributed by atoms with Crippen LogP contribution in [-0.2, 0) is 4.79 Å². The molecule has 1 rings (SSSR count). The van der Waals surface area contributed by atoms with Crippen molar-refractivity contribution < 1.29 is 14.3 Å². The Labute approximate surface area is 119 Å². The molecule has 3 amide bonds. The van der Waals surface area contributed by atoms with Gasteiger partial charge in [-0.25, -0.2) is 4.79 Å². The molecular formula is C15H22N2O3. The Balaban J connectivity index is 2.41. The highest BCUT2D eigenvalue weighted by molar-refractivity contribution is 5.94. The van der Waals surface area contributed by atoms with Gasteiger partial charge >= 0.3 is 6.03 Å². The zero-order valence-electron chi connectivity index (χ0n) is 12.2. The molecule has 2 N–H and O–H groups in total. The Bertz CT molecular complexity index is 458. The molecule has 110 valence electrons. The second-order valence-corrected chi connectivity index (χ2v) is 4.82. The van der Waals surface area contributed by atoms with Gasteiger partial charge in [-0.05, 0) is 30.0 Å². The van der Waals surface area contributed by atoms with Crippen molar-refractivity contribution in [3.63, 3.8) is 0 Å². The maximum atomic E-state index is 11.5. The molecule has 0 aliphatic carbocycles. The van der Waals surface area contributed by atoms with Crippen LogP contribution in [0, 0.1) is 0 Å². The molecule has 0 aliphatic rings. The zero-order chi connectivity index (χ0) is 15.0. The number of carbonyl (C=O) groups excluding carboxylic acids is 2. The summed E-state index contributed by atoms with van der Waals surface area (Å²) in [6.07, 6.45) is 0.820. The van der Waals surface area contributed by atoms with E-state index < -0.39 is 11.9 Å². The molecule has 0 bridgehead atoms. The number of hydrogen-bond acceptors (Lipinski definition) is 3. The first kappa shape index (κ1) is 16.0. The predicted molar refractivity (Wildman–Crippen MR) is 77.9 cm³/mol. The van der Waals surface area contributed by atoms with E-state index in [0.29, 0.717) is 18.2 Å². The third-order valence-electron chi connectivity index (χ3n) is 2.68. The van der Waals surface area contributed by atoms with Crippen LogP contribution in [0.3, 0.4) is 0 Å². The molecule has 1 aromatic carbocycles. The van der Waals surface area contributed by atoms with E-state index in [9.17, 15) is 9.59 Å². The van der Waals surface area contributed by atoms with Gasteiger partial charge in [0.1, 0.15) is 5.75 Å². The summed E-state index contributed by atoms with van der Waals surface area (Å²) in [6, 6.07) is 7.09. The SMILES string of the molecule is CCCNC(=O)NC(=O)COc1cccc(C(C)C)c1. The quantitative estimate of drug-likeness (QED) is 0.839. The molecule has 1 aromatic rings. The van der Waals surface area contributed by atoms with Gasteiger partial charge in [-0.3, -0.25) is 10.1 Å². The minimum absolute atomic E-state index is 0.179. The van der Waals surface area contributed by atoms with Crippen molar-refractivity contribution in [2.24, 2.45) is 0 Å². The average Bonchev–Trinajstić information content (AvgIpc) is 2.43. The van der Waals surface area contributed by atoms with Crippen LogP contribution in [0.2, 0.25) is 0 Å². The van der Waals surface area contributed by atoms with Gasteiger partial charge in [0, 0.05) is 6.54 Å². The summed E-state index contributed by atoms with van der Waals surface area (Å²) in [5.74, 6) is 0.557. The zero-order valence-corrected chi connectivity index (χ0v) is 12.2. The number of urea groups is 1. The molecule has 20 heavy (non-hydrogen) atoms. The fourth-order valence-corrected chi connectivity index (χ4v) is 1.56. The van der Waals surface area contributed by atoms with Gasteiger partial charge < -0.3 is 10.1 Å². The molecule has 0 aliphatic heterocycles. The van der Waals surface area contributed by atoms with Crippen LogP contribution in [0.4, 0.5) is 4.79 Å². The van der Waals surface area contributed by atoms with Gasteiger partial charge in [0.2, 0.25) is 0 Å². The third-order valence-corrected chi connectivity index (χ3v) is 2.68. The van der Waals surface area contributed by atoms with Crippen molar-refractivity contribution >= 4 is 11.9 Å². The molecule has 5 nitrogen and oxygen atoms in total. The Kier molecular flexibility index (Phi) is 6.56. The van der Waals surface area contributed by atoms with E-state index in [4.69, 9.17) is 4.74 Å². The number of hydrogen-bond donors (Lipinski definition) is 2. The van der Waals surface area contributed by atoms with Crippen LogP contribution in [0.5, 0.6) is 5.75 Å². The highest BCUT2D eigenvalue weighted by Crippen LogP contribution is 2.19. The van der Waals surface area contributed by atoms with Crippen LogP contribution in [0.25, 0.3) is 0 Å². The monoisotopic (exact) mass is 278 g/mol. The molecular weight excluding hydrogens is 256 g/mol. The number of nitrogens with one attached hydrogen (secondary N) is 2. The first-order chi connectivity index (χ1) is 9.52. The van der Waals surface area contributed by atoms with Crippen molar-refractivity contribution in [2.75, 3.05) is 13.2 Å². The van der Waals surface area contributed by atoms with E-state index >= 15 is 0 Å². The molecule has 0 fully saturated rings. The van der Waals surface area contributed by atoms with E-state index in [1.54, 1.807) is 6.07 Å². The molecule has 5 heteroatoms. The maximum Gasteiger partial charge on any atom is 0.321 e. The van der Waals surface area contributed by atoms with Crippen molar-refractivity contribution in [1.29, 1.82) is 0 Å². The molecule has 0 saturated heterocycles. The Hall–Kier alpha value is -2.04. The van der Waals surface area contributed by atoms with Crippen molar-refractivity contribution in [2.45, 2.75) is 33.1 Å². The van der Waals surface area contributed by atoms with Crippen LogP contribution in [-0.4, -0.2) is 25.1 Å². The van der Waals surface area contributed by atoms with Gasteiger partial charge in [0.05, 0.1) is 0 Å².